The summed E-state index contributed by atoms with van der Waals surface area (Å²) in [6, 6.07) is 13.3. The molecule has 4 rings (SSSR count). The number of carbonyl (C=O) groups excluding carboxylic acids is 3. The maximum Gasteiger partial charge on any atom is 0.221 e. The molecule has 0 spiro atoms. The Labute approximate surface area is 148 Å². The Morgan fingerprint density at radius 3 is 2.62 bits per heavy atom. The van der Waals surface area contributed by atoms with E-state index in [4.69, 9.17) is 0 Å². The van der Waals surface area contributed by atoms with Crippen LogP contribution in [0.5, 0.6) is 5.75 Å². The molecule has 0 saturated carbocycles. The van der Waals surface area contributed by atoms with Gasteiger partial charge in [0.25, 0.3) is 0 Å². The molecule has 0 saturated heterocycles. The third-order valence-electron chi connectivity index (χ3n) is 4.42. The summed E-state index contributed by atoms with van der Waals surface area (Å²) < 4.78 is 0. The van der Waals surface area contributed by atoms with Crippen molar-refractivity contribution in [2.75, 3.05) is 5.32 Å². The number of rotatable bonds is 2. The monoisotopic (exact) mass is 346 g/mol. The molecule has 1 amide bonds. The van der Waals surface area contributed by atoms with Crippen LogP contribution >= 0.6 is 0 Å². The lowest BCUT2D eigenvalue weighted by molar-refractivity contribution is -0.114. The number of amides is 1. The summed E-state index contributed by atoms with van der Waals surface area (Å²) in [5.41, 5.74) is 1.28. The molecule has 2 N–H and O–H groups in total. The Balaban J connectivity index is 1.87. The van der Waals surface area contributed by atoms with E-state index in [1.54, 1.807) is 36.4 Å². The van der Waals surface area contributed by atoms with E-state index >= 15 is 0 Å². The van der Waals surface area contributed by atoms with Gasteiger partial charge in [-0.3, -0.25) is 14.4 Å². The number of aromatic hydroxyl groups is 1. The molecule has 26 heavy (non-hydrogen) atoms. The van der Waals surface area contributed by atoms with Crippen LogP contribution in [0.3, 0.4) is 0 Å². The first-order chi connectivity index (χ1) is 12.5. The Hall–Kier alpha value is -3.54. The van der Waals surface area contributed by atoms with Crippen molar-refractivity contribution in [2.24, 2.45) is 0 Å². The van der Waals surface area contributed by atoms with Crippen LogP contribution in [0.25, 0.3) is 10.9 Å². The number of hydrogen-bond acceptors (Lipinski definition) is 5. The minimum absolute atomic E-state index is 0.0312. The fraction of sp³-hybridized carbons (Fsp3) is 0.100. The number of anilines is 1. The predicted octanol–water partition coefficient (Wildman–Crippen LogP) is 3.06. The molecule has 6 heteroatoms. The largest absolute Gasteiger partial charge is 0.506 e. The van der Waals surface area contributed by atoms with Crippen LogP contribution in [0, 0.1) is 0 Å². The van der Waals surface area contributed by atoms with Crippen molar-refractivity contribution in [1.82, 2.24) is 4.98 Å². The number of benzene rings is 2. The summed E-state index contributed by atoms with van der Waals surface area (Å²) in [6.45, 7) is 1.33. The summed E-state index contributed by atoms with van der Waals surface area (Å²) in [4.78, 5) is 41.6. The van der Waals surface area contributed by atoms with Gasteiger partial charge in [-0.25, -0.2) is 4.98 Å². The van der Waals surface area contributed by atoms with Gasteiger partial charge in [0.2, 0.25) is 5.91 Å². The Morgan fingerprint density at radius 1 is 1.08 bits per heavy atom. The van der Waals surface area contributed by atoms with Gasteiger partial charge in [-0.05, 0) is 18.2 Å². The van der Waals surface area contributed by atoms with Crippen molar-refractivity contribution in [3.8, 4) is 5.75 Å². The maximum atomic E-state index is 13.0. The quantitative estimate of drug-likeness (QED) is 0.695. The van der Waals surface area contributed by atoms with Gasteiger partial charge in [-0.15, -0.1) is 0 Å². The third kappa shape index (κ3) is 2.35. The fourth-order valence-electron chi connectivity index (χ4n) is 3.32. The number of Topliss-reactive ketones (excluding diaryl/α,β-unsaturated/α-hetero) is 2. The molecule has 0 aliphatic heterocycles. The van der Waals surface area contributed by atoms with Crippen LogP contribution in [-0.2, 0) is 4.79 Å². The number of pyridine rings is 1. The fourth-order valence-corrected chi connectivity index (χ4v) is 3.32. The van der Waals surface area contributed by atoms with E-state index in [0.29, 0.717) is 10.9 Å². The summed E-state index contributed by atoms with van der Waals surface area (Å²) in [5, 5.41) is 13.7. The van der Waals surface area contributed by atoms with E-state index in [1.165, 1.54) is 13.0 Å². The van der Waals surface area contributed by atoms with E-state index in [0.717, 1.165) is 0 Å². The van der Waals surface area contributed by atoms with Crippen LogP contribution in [0.2, 0.25) is 0 Å². The van der Waals surface area contributed by atoms with Crippen molar-refractivity contribution >= 4 is 34.1 Å². The van der Waals surface area contributed by atoms with Crippen molar-refractivity contribution in [2.45, 2.75) is 12.8 Å². The molecule has 1 aromatic heterocycles. The van der Waals surface area contributed by atoms with E-state index in [9.17, 15) is 19.5 Å². The number of ketones is 2. The molecule has 0 radical (unpaired) electrons. The summed E-state index contributed by atoms with van der Waals surface area (Å²) in [5.74, 6) is -2.68. The van der Waals surface area contributed by atoms with Gasteiger partial charge in [0.1, 0.15) is 17.4 Å². The van der Waals surface area contributed by atoms with Gasteiger partial charge in [-0.1, -0.05) is 30.3 Å². The van der Waals surface area contributed by atoms with Crippen LogP contribution in [0.1, 0.15) is 39.3 Å². The first-order valence-electron chi connectivity index (χ1n) is 8.05. The molecule has 0 bridgehead atoms. The van der Waals surface area contributed by atoms with Gasteiger partial charge < -0.3 is 10.4 Å². The van der Waals surface area contributed by atoms with Crippen molar-refractivity contribution in [1.29, 1.82) is 0 Å². The van der Waals surface area contributed by atoms with Crippen molar-refractivity contribution in [3.05, 3.63) is 65.4 Å². The zero-order valence-corrected chi connectivity index (χ0v) is 13.8. The van der Waals surface area contributed by atoms with Crippen LogP contribution in [0.4, 0.5) is 5.69 Å². The number of nitrogens with zero attached hydrogens (tertiary/aromatic N) is 1. The number of carbonyl (C=O) groups is 3. The second-order valence-corrected chi connectivity index (χ2v) is 6.16. The van der Waals surface area contributed by atoms with Gasteiger partial charge in [0.15, 0.2) is 11.6 Å². The lowest BCUT2D eigenvalue weighted by atomic mass is 9.97. The first kappa shape index (κ1) is 16.0. The van der Waals surface area contributed by atoms with E-state index in [1.807, 2.05) is 6.07 Å². The lowest BCUT2D eigenvalue weighted by Crippen LogP contribution is -2.15. The topological polar surface area (TPSA) is 96.4 Å². The van der Waals surface area contributed by atoms with Crippen LogP contribution in [0.15, 0.2) is 48.5 Å². The molecule has 1 aliphatic rings. The highest BCUT2D eigenvalue weighted by Gasteiger charge is 2.43. The Kier molecular flexibility index (Phi) is 3.54. The normalized spacial score (nSPS) is 16.0. The summed E-state index contributed by atoms with van der Waals surface area (Å²) in [6.07, 6.45) is 0. The minimum Gasteiger partial charge on any atom is -0.506 e. The average molecular weight is 346 g/mol. The van der Waals surface area contributed by atoms with Crippen LogP contribution in [-0.4, -0.2) is 27.6 Å². The average Bonchev–Trinajstić information content (AvgIpc) is 2.86. The standard InChI is InChI=1S/C20H14N2O4/c1-10(23)21-14-8-4-6-12-16(14)20(26)17(19(12)25)18-15(24)9-11-5-2-3-7-13(11)22-18/h2-9,17,24H,1H3,(H,21,23). The molecule has 3 aromatic rings. The molecule has 6 nitrogen and oxygen atoms in total. The van der Waals surface area contributed by atoms with E-state index < -0.39 is 17.5 Å². The molecule has 1 unspecified atom stereocenters. The number of nitrogens with one attached hydrogen (secondary N) is 1. The maximum absolute atomic E-state index is 13.0. The van der Waals surface area contributed by atoms with Crippen molar-refractivity contribution in [3.63, 3.8) is 0 Å². The molecule has 1 heterocycles. The molecule has 2 aromatic carbocycles. The smallest absolute Gasteiger partial charge is 0.221 e. The van der Waals surface area contributed by atoms with Gasteiger partial charge in [-0.2, -0.15) is 0 Å². The molecule has 128 valence electrons. The molecule has 1 atom stereocenters. The minimum atomic E-state index is -1.22. The first-order valence-corrected chi connectivity index (χ1v) is 8.05. The van der Waals surface area contributed by atoms with E-state index in [2.05, 4.69) is 10.3 Å². The second-order valence-electron chi connectivity index (χ2n) is 6.16. The number of fused-ring (bicyclic) bond motifs is 2. The van der Waals surface area contributed by atoms with Gasteiger partial charge >= 0.3 is 0 Å². The highest BCUT2D eigenvalue weighted by molar-refractivity contribution is 6.32. The van der Waals surface area contributed by atoms with Crippen LogP contribution < -0.4 is 5.32 Å². The molecular weight excluding hydrogens is 332 g/mol. The Morgan fingerprint density at radius 2 is 1.85 bits per heavy atom. The van der Waals surface area contributed by atoms with Gasteiger partial charge in [0.05, 0.1) is 16.8 Å². The Bertz CT molecular complexity index is 1100. The summed E-state index contributed by atoms with van der Waals surface area (Å²) in [7, 11) is 0. The molecule has 1 aliphatic carbocycles. The van der Waals surface area contributed by atoms with E-state index in [-0.39, 0.29) is 34.2 Å². The zero-order chi connectivity index (χ0) is 18.4. The number of para-hydroxylation sites is 1. The lowest BCUT2D eigenvalue weighted by Gasteiger charge is -2.10. The third-order valence-corrected chi connectivity index (χ3v) is 4.42. The molecule has 0 fully saturated rings. The SMILES string of the molecule is CC(=O)Nc1cccc2c1C(=O)C(c1nc3ccccc3cc1O)C2=O. The molecular formula is C20H14N2O4. The number of hydrogen-bond donors (Lipinski definition) is 2. The summed E-state index contributed by atoms with van der Waals surface area (Å²) >= 11 is 0. The highest BCUT2D eigenvalue weighted by Crippen LogP contribution is 2.40. The van der Waals surface area contributed by atoms with Gasteiger partial charge in [0, 0.05) is 17.9 Å². The number of aromatic nitrogens is 1. The second kappa shape index (κ2) is 5.77. The zero-order valence-electron chi connectivity index (χ0n) is 13.8. The predicted molar refractivity (Wildman–Crippen MR) is 95.6 cm³/mol. The van der Waals surface area contributed by atoms with Crippen molar-refractivity contribution < 1.29 is 19.5 Å². The highest BCUT2D eigenvalue weighted by atomic mass is 16.3.